The molecule has 0 saturated heterocycles. The summed E-state index contributed by atoms with van der Waals surface area (Å²) in [6, 6.07) is 0. The second kappa shape index (κ2) is 3.14. The maximum atomic E-state index is 5.40. The molecule has 0 aromatic rings. The molecule has 0 heterocycles. The Bertz CT molecular complexity index is 129. The largest absolute Gasteiger partial charge is 0.381 e. The standard InChI is InChI=1S/C10H20O/c1-8-5-9(11-4)7-10(2,3)6-8/h8-9H,5-7H2,1-4H3/t8-,9?/m0/s1. The Hall–Kier alpha value is -0.0400. The van der Waals surface area contributed by atoms with Crippen LogP contribution in [0.25, 0.3) is 0 Å². The highest BCUT2D eigenvalue weighted by Crippen LogP contribution is 2.39. The third kappa shape index (κ3) is 2.48. The van der Waals surface area contributed by atoms with Crippen molar-refractivity contribution in [2.24, 2.45) is 11.3 Å². The maximum Gasteiger partial charge on any atom is 0.0579 e. The molecular weight excluding hydrogens is 136 g/mol. The molecule has 0 radical (unpaired) electrons. The minimum absolute atomic E-state index is 0.498. The Morgan fingerprint density at radius 1 is 1.27 bits per heavy atom. The SMILES string of the molecule is COC1C[C@H](C)CC(C)(C)C1. The van der Waals surface area contributed by atoms with Crippen LogP contribution < -0.4 is 0 Å². The minimum atomic E-state index is 0.498. The second-order valence-corrected chi connectivity index (χ2v) is 4.77. The molecule has 1 saturated carbocycles. The minimum Gasteiger partial charge on any atom is -0.381 e. The van der Waals surface area contributed by atoms with Gasteiger partial charge in [-0.15, -0.1) is 0 Å². The normalized spacial score (nSPS) is 37.1. The first kappa shape index (κ1) is 9.05. The van der Waals surface area contributed by atoms with Crippen LogP contribution in [0.5, 0.6) is 0 Å². The molecular formula is C10H20O. The van der Waals surface area contributed by atoms with E-state index in [4.69, 9.17) is 4.74 Å². The lowest BCUT2D eigenvalue weighted by molar-refractivity contribution is 0.00513. The van der Waals surface area contributed by atoms with Crippen LogP contribution in [0.4, 0.5) is 0 Å². The summed E-state index contributed by atoms with van der Waals surface area (Å²) in [5.41, 5.74) is 0.498. The summed E-state index contributed by atoms with van der Waals surface area (Å²) in [7, 11) is 1.83. The van der Waals surface area contributed by atoms with Gasteiger partial charge in [-0.2, -0.15) is 0 Å². The van der Waals surface area contributed by atoms with Crippen molar-refractivity contribution in [2.45, 2.75) is 46.1 Å². The topological polar surface area (TPSA) is 9.23 Å². The van der Waals surface area contributed by atoms with Crippen LogP contribution in [0, 0.1) is 11.3 Å². The molecule has 0 aromatic heterocycles. The number of hydrogen-bond acceptors (Lipinski definition) is 1. The van der Waals surface area contributed by atoms with Gasteiger partial charge in [0.15, 0.2) is 0 Å². The molecule has 1 unspecified atom stereocenters. The number of rotatable bonds is 1. The van der Waals surface area contributed by atoms with Crippen molar-refractivity contribution in [3.63, 3.8) is 0 Å². The molecule has 1 nitrogen and oxygen atoms in total. The van der Waals surface area contributed by atoms with Crippen LogP contribution >= 0.6 is 0 Å². The zero-order chi connectivity index (χ0) is 8.48. The van der Waals surface area contributed by atoms with Crippen LogP contribution in [-0.2, 0) is 4.74 Å². The van der Waals surface area contributed by atoms with Crippen molar-refractivity contribution in [1.82, 2.24) is 0 Å². The molecule has 1 rings (SSSR count). The molecule has 0 bridgehead atoms. The van der Waals surface area contributed by atoms with Gasteiger partial charge in [-0.1, -0.05) is 20.8 Å². The number of ether oxygens (including phenoxy) is 1. The highest BCUT2D eigenvalue weighted by atomic mass is 16.5. The first-order valence-electron chi connectivity index (χ1n) is 4.56. The van der Waals surface area contributed by atoms with Gasteiger partial charge in [0.05, 0.1) is 6.10 Å². The Morgan fingerprint density at radius 2 is 1.91 bits per heavy atom. The van der Waals surface area contributed by atoms with Gasteiger partial charge < -0.3 is 4.74 Å². The van der Waals surface area contributed by atoms with Gasteiger partial charge in [0.25, 0.3) is 0 Å². The van der Waals surface area contributed by atoms with E-state index in [1.165, 1.54) is 19.3 Å². The van der Waals surface area contributed by atoms with E-state index in [1.54, 1.807) is 0 Å². The lowest BCUT2D eigenvalue weighted by atomic mass is 9.71. The van der Waals surface area contributed by atoms with Gasteiger partial charge in [-0.3, -0.25) is 0 Å². The number of methoxy groups -OCH3 is 1. The third-order valence-corrected chi connectivity index (χ3v) is 2.68. The molecule has 0 spiro atoms. The van der Waals surface area contributed by atoms with Gasteiger partial charge in [-0.05, 0) is 30.6 Å². The van der Waals surface area contributed by atoms with Gasteiger partial charge in [0, 0.05) is 7.11 Å². The summed E-state index contributed by atoms with van der Waals surface area (Å²) in [5, 5.41) is 0. The highest BCUT2D eigenvalue weighted by molar-refractivity contribution is 4.82. The molecule has 1 aliphatic rings. The van der Waals surface area contributed by atoms with E-state index in [1.807, 2.05) is 7.11 Å². The van der Waals surface area contributed by atoms with Crippen LogP contribution in [0.1, 0.15) is 40.0 Å². The Kier molecular flexibility index (Phi) is 2.58. The average molecular weight is 156 g/mol. The monoisotopic (exact) mass is 156 g/mol. The molecule has 0 aromatic carbocycles. The first-order valence-corrected chi connectivity index (χ1v) is 4.56. The molecule has 2 atom stereocenters. The fourth-order valence-corrected chi connectivity index (χ4v) is 2.44. The van der Waals surface area contributed by atoms with Crippen molar-refractivity contribution in [1.29, 1.82) is 0 Å². The molecule has 0 N–H and O–H groups in total. The predicted octanol–water partition coefficient (Wildman–Crippen LogP) is 2.85. The van der Waals surface area contributed by atoms with Crippen molar-refractivity contribution in [3.05, 3.63) is 0 Å². The second-order valence-electron chi connectivity index (χ2n) is 4.77. The summed E-state index contributed by atoms with van der Waals surface area (Å²) in [6.45, 7) is 7.01. The van der Waals surface area contributed by atoms with Crippen LogP contribution in [0.3, 0.4) is 0 Å². The van der Waals surface area contributed by atoms with E-state index < -0.39 is 0 Å². The van der Waals surface area contributed by atoms with Gasteiger partial charge in [0.2, 0.25) is 0 Å². The van der Waals surface area contributed by atoms with E-state index in [9.17, 15) is 0 Å². The van der Waals surface area contributed by atoms with Crippen molar-refractivity contribution >= 4 is 0 Å². The van der Waals surface area contributed by atoms with Crippen molar-refractivity contribution in [3.8, 4) is 0 Å². The summed E-state index contributed by atoms with van der Waals surface area (Å²) < 4.78 is 5.40. The Labute approximate surface area is 70.1 Å². The van der Waals surface area contributed by atoms with E-state index in [0.29, 0.717) is 11.5 Å². The molecule has 1 aliphatic carbocycles. The van der Waals surface area contributed by atoms with E-state index in [-0.39, 0.29) is 0 Å². The Morgan fingerprint density at radius 3 is 2.36 bits per heavy atom. The van der Waals surface area contributed by atoms with Crippen LogP contribution in [-0.4, -0.2) is 13.2 Å². The zero-order valence-electron chi connectivity index (χ0n) is 8.18. The molecule has 11 heavy (non-hydrogen) atoms. The van der Waals surface area contributed by atoms with E-state index in [0.717, 1.165) is 5.92 Å². The van der Waals surface area contributed by atoms with E-state index in [2.05, 4.69) is 20.8 Å². The molecule has 66 valence electrons. The van der Waals surface area contributed by atoms with Crippen molar-refractivity contribution < 1.29 is 4.74 Å². The first-order chi connectivity index (χ1) is 5.03. The highest BCUT2D eigenvalue weighted by Gasteiger charge is 2.31. The molecule has 0 amide bonds. The predicted molar refractivity (Wildman–Crippen MR) is 47.6 cm³/mol. The summed E-state index contributed by atoms with van der Waals surface area (Å²) in [5.74, 6) is 0.837. The van der Waals surface area contributed by atoms with E-state index >= 15 is 0 Å². The quantitative estimate of drug-likeness (QED) is 0.567. The summed E-state index contributed by atoms with van der Waals surface area (Å²) in [4.78, 5) is 0. The lowest BCUT2D eigenvalue weighted by Gasteiger charge is -2.38. The Balaban J connectivity index is 2.51. The molecule has 0 aliphatic heterocycles. The fraction of sp³-hybridized carbons (Fsp3) is 1.00. The molecule has 1 heteroatoms. The van der Waals surface area contributed by atoms with Gasteiger partial charge in [0.1, 0.15) is 0 Å². The average Bonchev–Trinajstić information content (AvgIpc) is 1.83. The van der Waals surface area contributed by atoms with Crippen molar-refractivity contribution in [2.75, 3.05) is 7.11 Å². The van der Waals surface area contributed by atoms with Gasteiger partial charge in [-0.25, -0.2) is 0 Å². The summed E-state index contributed by atoms with van der Waals surface area (Å²) >= 11 is 0. The summed E-state index contributed by atoms with van der Waals surface area (Å²) in [6.07, 6.45) is 4.34. The van der Waals surface area contributed by atoms with Gasteiger partial charge >= 0.3 is 0 Å². The van der Waals surface area contributed by atoms with Crippen LogP contribution in [0.15, 0.2) is 0 Å². The maximum absolute atomic E-state index is 5.40. The fourth-order valence-electron chi connectivity index (χ4n) is 2.44. The number of hydrogen-bond donors (Lipinski definition) is 0. The zero-order valence-corrected chi connectivity index (χ0v) is 8.18. The van der Waals surface area contributed by atoms with Crippen LogP contribution in [0.2, 0.25) is 0 Å². The smallest absolute Gasteiger partial charge is 0.0579 e. The lowest BCUT2D eigenvalue weighted by Crippen LogP contribution is -2.31. The molecule has 1 fully saturated rings. The third-order valence-electron chi connectivity index (χ3n) is 2.68.